The summed E-state index contributed by atoms with van der Waals surface area (Å²) in [5, 5.41) is 11.3. The summed E-state index contributed by atoms with van der Waals surface area (Å²) in [7, 11) is 0. The zero-order valence-corrected chi connectivity index (χ0v) is 14.2. The third-order valence-electron chi connectivity index (χ3n) is 3.42. The summed E-state index contributed by atoms with van der Waals surface area (Å²) in [6, 6.07) is 4.86. The lowest BCUT2D eigenvalue weighted by atomic mass is 10.2. The molecule has 2 rings (SSSR count). The Morgan fingerprint density at radius 3 is 2.39 bits per heavy atom. The van der Waals surface area contributed by atoms with Crippen molar-refractivity contribution in [1.82, 2.24) is 4.90 Å². The molecule has 1 saturated heterocycles. The fourth-order valence-corrected chi connectivity index (χ4v) is 2.63. The zero-order chi connectivity index (χ0) is 17.2. The molecule has 7 nitrogen and oxygen atoms in total. The average Bonchev–Trinajstić information content (AvgIpc) is 2.45. The third-order valence-corrected chi connectivity index (χ3v) is 3.73. The summed E-state index contributed by atoms with van der Waals surface area (Å²) in [4.78, 5) is 26.3. The summed E-state index contributed by atoms with van der Waals surface area (Å²) in [6.45, 7) is 7.31. The second-order valence-corrected chi connectivity index (χ2v) is 6.73. The highest BCUT2D eigenvalue weighted by molar-refractivity contribution is 6.33. The van der Waals surface area contributed by atoms with Crippen LogP contribution >= 0.6 is 11.6 Å². The quantitative estimate of drug-likeness (QED) is 0.609. The summed E-state index contributed by atoms with van der Waals surface area (Å²) < 4.78 is 5.34. The SMILES string of the molecule is CC(C)(C)OC(=O)N1CCN(c2cccc(Cl)c2[N+](=O)[O-])CC1. The van der Waals surface area contributed by atoms with E-state index in [2.05, 4.69) is 0 Å². The first kappa shape index (κ1) is 17.3. The van der Waals surface area contributed by atoms with Crippen molar-refractivity contribution in [3.05, 3.63) is 33.3 Å². The van der Waals surface area contributed by atoms with Gasteiger partial charge in [0.1, 0.15) is 16.3 Å². The number of nitro benzene ring substituents is 1. The molecule has 0 saturated carbocycles. The predicted octanol–water partition coefficient (Wildman–Crippen LogP) is 3.31. The van der Waals surface area contributed by atoms with Crippen LogP contribution < -0.4 is 4.90 Å². The first-order valence-corrected chi connectivity index (χ1v) is 7.72. The average molecular weight is 342 g/mol. The number of hydrogen-bond donors (Lipinski definition) is 0. The lowest BCUT2D eigenvalue weighted by Crippen LogP contribution is -2.50. The number of nitrogens with zero attached hydrogens (tertiary/aromatic N) is 3. The van der Waals surface area contributed by atoms with Crippen LogP contribution in [0.5, 0.6) is 0 Å². The molecule has 1 aromatic rings. The van der Waals surface area contributed by atoms with E-state index in [1.165, 1.54) is 6.07 Å². The second-order valence-electron chi connectivity index (χ2n) is 6.32. The molecular weight excluding hydrogens is 322 g/mol. The van der Waals surface area contributed by atoms with Gasteiger partial charge in [0, 0.05) is 26.2 Å². The molecule has 1 aliphatic rings. The smallest absolute Gasteiger partial charge is 0.410 e. The summed E-state index contributed by atoms with van der Waals surface area (Å²) >= 11 is 5.94. The minimum absolute atomic E-state index is 0.0973. The Hall–Kier alpha value is -2.02. The maximum absolute atomic E-state index is 12.0. The van der Waals surface area contributed by atoms with Gasteiger partial charge in [-0.3, -0.25) is 10.1 Å². The van der Waals surface area contributed by atoms with Crippen molar-refractivity contribution in [2.75, 3.05) is 31.1 Å². The fourth-order valence-electron chi connectivity index (χ4n) is 2.40. The van der Waals surface area contributed by atoms with E-state index in [0.717, 1.165) is 0 Å². The molecule has 0 radical (unpaired) electrons. The highest BCUT2D eigenvalue weighted by atomic mass is 35.5. The minimum atomic E-state index is -0.542. The summed E-state index contributed by atoms with van der Waals surface area (Å²) in [5.41, 5.74) is -0.161. The Bertz CT molecular complexity index is 607. The van der Waals surface area contributed by atoms with Crippen molar-refractivity contribution in [1.29, 1.82) is 0 Å². The molecule has 1 heterocycles. The molecule has 0 aromatic heterocycles. The fraction of sp³-hybridized carbons (Fsp3) is 0.533. The van der Waals surface area contributed by atoms with Crippen molar-refractivity contribution in [2.45, 2.75) is 26.4 Å². The highest BCUT2D eigenvalue weighted by Crippen LogP contribution is 2.35. The van der Waals surface area contributed by atoms with E-state index in [-0.39, 0.29) is 16.8 Å². The lowest BCUT2D eigenvalue weighted by Gasteiger charge is -2.36. The molecular formula is C15H20ClN3O4. The number of carbonyl (C=O) groups excluding carboxylic acids is 1. The zero-order valence-electron chi connectivity index (χ0n) is 13.4. The molecule has 0 aliphatic carbocycles. The molecule has 0 bridgehead atoms. The number of anilines is 1. The lowest BCUT2D eigenvalue weighted by molar-refractivity contribution is -0.384. The molecule has 1 aliphatic heterocycles. The van der Waals surface area contributed by atoms with Gasteiger partial charge in [0.15, 0.2) is 0 Å². The van der Waals surface area contributed by atoms with Crippen LogP contribution in [0.15, 0.2) is 18.2 Å². The number of carbonyl (C=O) groups is 1. The molecule has 0 N–H and O–H groups in total. The number of piperazine rings is 1. The number of hydrogen-bond acceptors (Lipinski definition) is 5. The van der Waals surface area contributed by atoms with E-state index in [1.54, 1.807) is 17.0 Å². The number of nitro groups is 1. The van der Waals surface area contributed by atoms with E-state index < -0.39 is 10.5 Å². The number of benzene rings is 1. The summed E-state index contributed by atoms with van der Waals surface area (Å²) in [5.74, 6) is 0. The molecule has 1 amide bonds. The molecule has 1 fully saturated rings. The first-order chi connectivity index (χ1) is 10.7. The monoisotopic (exact) mass is 341 g/mol. The van der Waals surface area contributed by atoms with E-state index in [0.29, 0.717) is 31.9 Å². The van der Waals surface area contributed by atoms with Crippen LogP contribution in [0, 0.1) is 10.1 Å². The minimum Gasteiger partial charge on any atom is -0.444 e. The van der Waals surface area contributed by atoms with Crippen molar-refractivity contribution in [2.24, 2.45) is 0 Å². The Morgan fingerprint density at radius 1 is 1.26 bits per heavy atom. The topological polar surface area (TPSA) is 75.9 Å². The van der Waals surface area contributed by atoms with E-state index in [1.807, 2.05) is 25.7 Å². The third kappa shape index (κ3) is 4.25. The van der Waals surface area contributed by atoms with Gasteiger partial charge in [0.25, 0.3) is 0 Å². The van der Waals surface area contributed by atoms with Gasteiger partial charge in [-0.25, -0.2) is 4.79 Å². The van der Waals surface area contributed by atoms with E-state index in [9.17, 15) is 14.9 Å². The van der Waals surface area contributed by atoms with Gasteiger partial charge in [-0.2, -0.15) is 0 Å². The molecule has 0 spiro atoms. The highest BCUT2D eigenvalue weighted by Gasteiger charge is 2.29. The summed E-state index contributed by atoms with van der Waals surface area (Å²) in [6.07, 6.45) is -0.363. The normalized spacial score (nSPS) is 15.5. The van der Waals surface area contributed by atoms with Crippen LogP contribution in [-0.4, -0.2) is 47.7 Å². The van der Waals surface area contributed by atoms with Gasteiger partial charge in [0.2, 0.25) is 0 Å². The number of amides is 1. The standard InChI is InChI=1S/C15H20ClN3O4/c1-15(2,3)23-14(20)18-9-7-17(8-10-18)12-6-4-5-11(16)13(12)19(21)22/h4-6H,7-10H2,1-3H3. The molecule has 0 unspecified atom stereocenters. The van der Waals surface area contributed by atoms with E-state index >= 15 is 0 Å². The van der Waals surface area contributed by atoms with Crippen molar-refractivity contribution >= 4 is 29.1 Å². The first-order valence-electron chi connectivity index (χ1n) is 7.35. The van der Waals surface area contributed by atoms with Gasteiger partial charge < -0.3 is 14.5 Å². The number of para-hydroxylation sites is 1. The van der Waals surface area contributed by atoms with E-state index in [4.69, 9.17) is 16.3 Å². The van der Waals surface area contributed by atoms with Crippen molar-refractivity contribution in [3.8, 4) is 0 Å². The predicted molar refractivity (Wildman–Crippen MR) is 88.1 cm³/mol. The van der Waals surface area contributed by atoms with Gasteiger partial charge in [-0.1, -0.05) is 17.7 Å². The molecule has 23 heavy (non-hydrogen) atoms. The molecule has 0 atom stereocenters. The molecule has 1 aromatic carbocycles. The van der Waals surface area contributed by atoms with Crippen LogP contribution in [-0.2, 0) is 4.74 Å². The van der Waals surface area contributed by atoms with Crippen molar-refractivity contribution < 1.29 is 14.5 Å². The van der Waals surface area contributed by atoms with Crippen LogP contribution in [0.3, 0.4) is 0 Å². The maximum Gasteiger partial charge on any atom is 0.410 e. The number of ether oxygens (including phenoxy) is 1. The number of rotatable bonds is 2. The van der Waals surface area contributed by atoms with Gasteiger partial charge >= 0.3 is 11.8 Å². The van der Waals surface area contributed by atoms with Crippen LogP contribution in [0.25, 0.3) is 0 Å². The number of halogens is 1. The molecule has 126 valence electrons. The Kier molecular flexibility index (Phi) is 4.99. The Labute approximate surface area is 139 Å². The van der Waals surface area contributed by atoms with Gasteiger partial charge in [0.05, 0.1) is 4.92 Å². The van der Waals surface area contributed by atoms with Gasteiger partial charge in [-0.15, -0.1) is 0 Å². The Balaban J connectivity index is 2.07. The van der Waals surface area contributed by atoms with Crippen LogP contribution in [0.4, 0.5) is 16.2 Å². The van der Waals surface area contributed by atoms with Crippen LogP contribution in [0.2, 0.25) is 5.02 Å². The van der Waals surface area contributed by atoms with Crippen molar-refractivity contribution in [3.63, 3.8) is 0 Å². The molecule has 8 heteroatoms. The largest absolute Gasteiger partial charge is 0.444 e. The van der Waals surface area contributed by atoms with Gasteiger partial charge in [-0.05, 0) is 32.9 Å². The Morgan fingerprint density at radius 2 is 1.87 bits per heavy atom. The van der Waals surface area contributed by atoms with Crippen LogP contribution in [0.1, 0.15) is 20.8 Å². The maximum atomic E-state index is 12.0. The second kappa shape index (κ2) is 6.62.